The molecule has 3 aromatic rings. The van der Waals surface area contributed by atoms with Gasteiger partial charge >= 0.3 is 0 Å². The minimum Gasteiger partial charge on any atom is -0.497 e. The molecule has 1 unspecified atom stereocenters. The number of nitrogens with one attached hydrogen (secondary N) is 2. The summed E-state index contributed by atoms with van der Waals surface area (Å²) in [6, 6.07) is 12.4. The van der Waals surface area contributed by atoms with Crippen LogP contribution in [0, 0.1) is 0 Å². The molecule has 2 heterocycles. The molecule has 0 saturated heterocycles. The van der Waals surface area contributed by atoms with Gasteiger partial charge in [-0.05, 0) is 43.9 Å². The highest BCUT2D eigenvalue weighted by Gasteiger charge is 2.15. The molecular formula is C20H25N5O. The summed E-state index contributed by atoms with van der Waals surface area (Å²) in [6.07, 6.45) is 5.48. The second-order valence-corrected chi connectivity index (χ2v) is 6.40. The molecule has 26 heavy (non-hydrogen) atoms. The first-order valence-electron chi connectivity index (χ1n) is 8.62. The van der Waals surface area contributed by atoms with Gasteiger partial charge in [0.1, 0.15) is 5.75 Å². The fraction of sp³-hybridized carbons (Fsp3) is 0.300. The summed E-state index contributed by atoms with van der Waals surface area (Å²) < 4.78 is 5.36. The summed E-state index contributed by atoms with van der Waals surface area (Å²) in [5.41, 5.74) is 4.40. The van der Waals surface area contributed by atoms with Crippen LogP contribution >= 0.6 is 0 Å². The maximum Gasteiger partial charge on any atom is 0.119 e. The number of methoxy groups -OCH3 is 1. The topological polar surface area (TPSA) is 66.1 Å². The SMILES string of the molecule is COc1cccc(C(CNCc2cn[nH]c2-c2cccnc2)N(C)C)c1. The number of aromatic amines is 1. The Morgan fingerprint density at radius 3 is 2.81 bits per heavy atom. The predicted molar refractivity (Wildman–Crippen MR) is 103 cm³/mol. The Morgan fingerprint density at radius 2 is 2.08 bits per heavy atom. The molecule has 1 atom stereocenters. The molecule has 2 aromatic heterocycles. The van der Waals surface area contributed by atoms with Crippen molar-refractivity contribution in [2.45, 2.75) is 12.6 Å². The first-order chi connectivity index (χ1) is 12.7. The van der Waals surface area contributed by atoms with Crippen LogP contribution in [0.25, 0.3) is 11.3 Å². The van der Waals surface area contributed by atoms with Crippen LogP contribution in [0.15, 0.2) is 55.0 Å². The van der Waals surface area contributed by atoms with E-state index in [2.05, 4.69) is 51.6 Å². The zero-order chi connectivity index (χ0) is 18.4. The number of benzene rings is 1. The Labute approximate surface area is 154 Å². The molecule has 0 aliphatic rings. The van der Waals surface area contributed by atoms with Crippen molar-refractivity contribution < 1.29 is 4.74 Å². The van der Waals surface area contributed by atoms with E-state index in [4.69, 9.17) is 4.74 Å². The third-order valence-corrected chi connectivity index (χ3v) is 4.42. The quantitative estimate of drug-likeness (QED) is 0.653. The lowest BCUT2D eigenvalue weighted by Gasteiger charge is -2.25. The molecule has 136 valence electrons. The van der Waals surface area contributed by atoms with Crippen LogP contribution in [0.4, 0.5) is 0 Å². The number of H-pyrrole nitrogens is 1. The van der Waals surface area contributed by atoms with Crippen LogP contribution in [-0.2, 0) is 6.54 Å². The van der Waals surface area contributed by atoms with E-state index in [9.17, 15) is 0 Å². The van der Waals surface area contributed by atoms with Crippen molar-refractivity contribution in [3.8, 4) is 17.0 Å². The molecule has 0 fully saturated rings. The second-order valence-electron chi connectivity index (χ2n) is 6.40. The van der Waals surface area contributed by atoms with Crippen molar-refractivity contribution in [1.29, 1.82) is 0 Å². The van der Waals surface area contributed by atoms with Gasteiger partial charge in [0, 0.05) is 42.7 Å². The number of pyridine rings is 1. The first kappa shape index (κ1) is 18.1. The summed E-state index contributed by atoms with van der Waals surface area (Å²) in [7, 11) is 5.87. The van der Waals surface area contributed by atoms with Crippen LogP contribution in [0.5, 0.6) is 5.75 Å². The Balaban J connectivity index is 1.67. The van der Waals surface area contributed by atoms with Gasteiger partial charge in [-0.15, -0.1) is 0 Å². The third kappa shape index (κ3) is 4.28. The van der Waals surface area contributed by atoms with Gasteiger partial charge in [-0.25, -0.2) is 0 Å². The average Bonchev–Trinajstić information content (AvgIpc) is 3.14. The molecule has 0 spiro atoms. The number of aromatic nitrogens is 3. The largest absolute Gasteiger partial charge is 0.497 e. The highest BCUT2D eigenvalue weighted by molar-refractivity contribution is 5.61. The van der Waals surface area contributed by atoms with E-state index < -0.39 is 0 Å². The Kier molecular flexibility index (Phi) is 5.99. The predicted octanol–water partition coefficient (Wildman–Crippen LogP) is 2.87. The summed E-state index contributed by atoms with van der Waals surface area (Å²) >= 11 is 0. The third-order valence-electron chi connectivity index (χ3n) is 4.42. The highest BCUT2D eigenvalue weighted by atomic mass is 16.5. The zero-order valence-corrected chi connectivity index (χ0v) is 15.4. The second kappa shape index (κ2) is 8.60. The van der Waals surface area contributed by atoms with E-state index in [0.717, 1.165) is 35.7 Å². The lowest BCUT2D eigenvalue weighted by molar-refractivity contribution is 0.287. The van der Waals surface area contributed by atoms with Crippen LogP contribution in [-0.4, -0.2) is 47.8 Å². The number of rotatable bonds is 8. The van der Waals surface area contributed by atoms with Gasteiger partial charge in [-0.2, -0.15) is 5.10 Å². The molecule has 0 bridgehead atoms. The van der Waals surface area contributed by atoms with Crippen molar-refractivity contribution in [3.63, 3.8) is 0 Å². The van der Waals surface area contributed by atoms with Gasteiger partial charge in [0.15, 0.2) is 0 Å². The first-order valence-corrected chi connectivity index (χ1v) is 8.62. The minimum absolute atomic E-state index is 0.249. The Hall–Kier alpha value is -2.70. The van der Waals surface area contributed by atoms with E-state index in [1.54, 1.807) is 13.3 Å². The lowest BCUT2D eigenvalue weighted by atomic mass is 10.1. The van der Waals surface area contributed by atoms with Gasteiger partial charge in [-0.1, -0.05) is 12.1 Å². The van der Waals surface area contributed by atoms with E-state index in [1.165, 1.54) is 5.56 Å². The lowest BCUT2D eigenvalue weighted by Crippen LogP contribution is -2.30. The maximum atomic E-state index is 5.36. The van der Waals surface area contributed by atoms with Crippen molar-refractivity contribution >= 4 is 0 Å². The smallest absolute Gasteiger partial charge is 0.119 e. The number of likely N-dealkylation sites (N-methyl/N-ethyl adjacent to an activating group) is 1. The fourth-order valence-corrected chi connectivity index (χ4v) is 3.00. The van der Waals surface area contributed by atoms with Crippen LogP contribution < -0.4 is 10.1 Å². The average molecular weight is 351 g/mol. The Morgan fingerprint density at radius 1 is 1.19 bits per heavy atom. The van der Waals surface area contributed by atoms with Crippen molar-refractivity contribution in [3.05, 3.63) is 66.1 Å². The van der Waals surface area contributed by atoms with Crippen molar-refractivity contribution in [2.24, 2.45) is 0 Å². The molecule has 0 aliphatic heterocycles. The number of hydrogen-bond acceptors (Lipinski definition) is 5. The van der Waals surface area contributed by atoms with Crippen LogP contribution in [0.3, 0.4) is 0 Å². The van der Waals surface area contributed by atoms with Gasteiger partial charge in [0.2, 0.25) is 0 Å². The van der Waals surface area contributed by atoms with Crippen molar-refractivity contribution in [2.75, 3.05) is 27.7 Å². The molecule has 6 nitrogen and oxygen atoms in total. The van der Waals surface area contributed by atoms with E-state index in [-0.39, 0.29) is 6.04 Å². The van der Waals surface area contributed by atoms with Gasteiger partial charge in [-0.3, -0.25) is 10.1 Å². The van der Waals surface area contributed by atoms with E-state index >= 15 is 0 Å². The standard InChI is InChI=1S/C20H25N5O/c1-25(2)19(15-6-4-8-18(10-15)26-3)14-22-12-17-13-23-24-20(17)16-7-5-9-21-11-16/h4-11,13,19,22H,12,14H2,1-3H3,(H,23,24). The van der Waals surface area contributed by atoms with E-state index in [0.29, 0.717) is 0 Å². The van der Waals surface area contributed by atoms with Crippen LogP contribution in [0.2, 0.25) is 0 Å². The molecule has 1 aromatic carbocycles. The number of nitrogens with zero attached hydrogens (tertiary/aromatic N) is 3. The summed E-state index contributed by atoms with van der Waals surface area (Å²) in [4.78, 5) is 6.39. The molecule has 0 amide bonds. The molecule has 0 saturated carbocycles. The molecule has 0 aliphatic carbocycles. The van der Waals surface area contributed by atoms with Crippen LogP contribution in [0.1, 0.15) is 17.2 Å². The summed E-state index contributed by atoms with van der Waals surface area (Å²) in [6.45, 7) is 1.55. The Bertz CT molecular complexity index is 816. The summed E-state index contributed by atoms with van der Waals surface area (Å²) in [5.74, 6) is 0.878. The zero-order valence-electron chi connectivity index (χ0n) is 15.4. The minimum atomic E-state index is 0.249. The maximum absolute atomic E-state index is 5.36. The summed E-state index contributed by atoms with van der Waals surface area (Å²) in [5, 5.41) is 10.8. The fourth-order valence-electron chi connectivity index (χ4n) is 3.00. The molecule has 6 heteroatoms. The van der Waals surface area contributed by atoms with Gasteiger partial charge in [0.05, 0.1) is 19.0 Å². The van der Waals surface area contributed by atoms with E-state index in [1.807, 2.05) is 36.7 Å². The van der Waals surface area contributed by atoms with Gasteiger partial charge < -0.3 is 15.0 Å². The van der Waals surface area contributed by atoms with Crippen molar-refractivity contribution in [1.82, 2.24) is 25.4 Å². The normalized spacial score (nSPS) is 12.3. The van der Waals surface area contributed by atoms with Gasteiger partial charge in [0.25, 0.3) is 0 Å². The molecule has 0 radical (unpaired) electrons. The monoisotopic (exact) mass is 351 g/mol. The highest BCUT2D eigenvalue weighted by Crippen LogP contribution is 2.23. The molecular weight excluding hydrogens is 326 g/mol. The number of hydrogen-bond donors (Lipinski definition) is 2. The molecule has 2 N–H and O–H groups in total. The number of ether oxygens (including phenoxy) is 1. The molecule has 3 rings (SSSR count).